The van der Waals surface area contributed by atoms with Gasteiger partial charge >= 0.3 is 0 Å². The van der Waals surface area contributed by atoms with Gasteiger partial charge in [0.2, 0.25) is 5.91 Å². The molecule has 3 aromatic rings. The van der Waals surface area contributed by atoms with Gasteiger partial charge in [0.1, 0.15) is 23.4 Å². The molecule has 0 aliphatic rings. The summed E-state index contributed by atoms with van der Waals surface area (Å²) < 4.78 is 3.40. The molecule has 0 bridgehead atoms. The monoisotopic (exact) mass is 270 g/mol. The zero-order valence-electron chi connectivity index (χ0n) is 11.2. The van der Waals surface area contributed by atoms with Crippen molar-refractivity contribution < 1.29 is 4.79 Å². The van der Waals surface area contributed by atoms with E-state index in [2.05, 4.69) is 20.5 Å². The van der Waals surface area contributed by atoms with E-state index in [1.54, 1.807) is 33.9 Å². The summed E-state index contributed by atoms with van der Waals surface area (Å²) in [6.45, 7) is 2.03. The Balaban J connectivity index is 1.81. The van der Waals surface area contributed by atoms with Gasteiger partial charge in [-0.1, -0.05) is 6.07 Å². The van der Waals surface area contributed by atoms with E-state index in [0.717, 1.165) is 16.7 Å². The van der Waals surface area contributed by atoms with Crippen LogP contribution in [0.1, 0.15) is 5.69 Å². The summed E-state index contributed by atoms with van der Waals surface area (Å²) in [4.78, 5) is 16.1. The number of hydrogen-bond donors (Lipinski definition) is 1. The van der Waals surface area contributed by atoms with Crippen LogP contribution in [0, 0.1) is 6.92 Å². The van der Waals surface area contributed by atoms with Gasteiger partial charge in [0.05, 0.1) is 11.9 Å². The van der Waals surface area contributed by atoms with Crippen LogP contribution in [0.5, 0.6) is 0 Å². The van der Waals surface area contributed by atoms with Gasteiger partial charge < -0.3 is 5.32 Å². The molecular weight excluding hydrogens is 256 g/mol. The standard InChI is InChI=1S/C13H14N6O/c1-9-13-10(18(2)17-9)7-15-19(13)8-12(20)16-11-5-3-4-6-14-11/h3-7H,8H2,1-2H3,(H,14,16,20). The Kier molecular flexibility index (Phi) is 2.94. The summed E-state index contributed by atoms with van der Waals surface area (Å²) in [6, 6.07) is 5.36. The molecule has 7 heteroatoms. The molecular formula is C13H14N6O. The number of aryl methyl sites for hydroxylation is 2. The number of nitrogens with one attached hydrogen (secondary N) is 1. The van der Waals surface area contributed by atoms with Gasteiger partial charge in [0.15, 0.2) is 0 Å². The summed E-state index contributed by atoms with van der Waals surface area (Å²) in [5.74, 6) is 0.362. The summed E-state index contributed by atoms with van der Waals surface area (Å²) in [5.41, 5.74) is 2.64. The number of nitrogens with zero attached hydrogens (tertiary/aromatic N) is 5. The lowest BCUT2D eigenvalue weighted by Crippen LogP contribution is -2.20. The van der Waals surface area contributed by atoms with E-state index >= 15 is 0 Å². The Morgan fingerprint density at radius 1 is 1.40 bits per heavy atom. The lowest BCUT2D eigenvalue weighted by molar-refractivity contribution is -0.116. The smallest absolute Gasteiger partial charge is 0.247 e. The Morgan fingerprint density at radius 3 is 3.00 bits per heavy atom. The maximum atomic E-state index is 12.0. The minimum atomic E-state index is -0.169. The van der Waals surface area contributed by atoms with Crippen molar-refractivity contribution in [2.24, 2.45) is 7.05 Å². The third-order valence-corrected chi connectivity index (χ3v) is 3.04. The molecule has 0 aliphatic heterocycles. The fourth-order valence-corrected chi connectivity index (χ4v) is 2.19. The highest BCUT2D eigenvalue weighted by molar-refractivity contribution is 5.90. The number of aromatic nitrogens is 5. The average molecular weight is 270 g/mol. The summed E-state index contributed by atoms with van der Waals surface area (Å²) in [7, 11) is 1.86. The first-order valence-corrected chi connectivity index (χ1v) is 6.21. The van der Waals surface area contributed by atoms with Crippen LogP contribution in [0.25, 0.3) is 11.0 Å². The topological polar surface area (TPSA) is 77.6 Å². The zero-order valence-corrected chi connectivity index (χ0v) is 11.2. The number of carbonyl (C=O) groups excluding carboxylic acids is 1. The Bertz CT molecular complexity index is 758. The molecule has 0 radical (unpaired) electrons. The molecule has 3 aromatic heterocycles. The van der Waals surface area contributed by atoms with Crippen LogP contribution in [0.15, 0.2) is 30.6 Å². The van der Waals surface area contributed by atoms with Crippen molar-refractivity contribution in [1.82, 2.24) is 24.5 Å². The third kappa shape index (κ3) is 2.13. The molecule has 0 aromatic carbocycles. The minimum Gasteiger partial charge on any atom is -0.309 e. The maximum absolute atomic E-state index is 12.0. The van der Waals surface area contributed by atoms with E-state index in [1.165, 1.54) is 0 Å². The zero-order chi connectivity index (χ0) is 14.1. The summed E-state index contributed by atoms with van der Waals surface area (Å²) >= 11 is 0. The number of rotatable bonds is 3. The number of carbonyl (C=O) groups is 1. The largest absolute Gasteiger partial charge is 0.309 e. The first-order chi connectivity index (χ1) is 9.65. The summed E-state index contributed by atoms with van der Waals surface area (Å²) in [5, 5.41) is 11.3. The van der Waals surface area contributed by atoms with E-state index in [-0.39, 0.29) is 12.5 Å². The molecule has 0 saturated heterocycles. The predicted molar refractivity (Wildman–Crippen MR) is 74.1 cm³/mol. The second-order valence-corrected chi connectivity index (χ2v) is 4.51. The molecule has 0 fully saturated rings. The van der Waals surface area contributed by atoms with Crippen LogP contribution in [0.3, 0.4) is 0 Å². The molecule has 0 spiro atoms. The van der Waals surface area contributed by atoms with E-state index in [9.17, 15) is 4.79 Å². The molecule has 7 nitrogen and oxygen atoms in total. The first kappa shape index (κ1) is 12.3. The first-order valence-electron chi connectivity index (χ1n) is 6.21. The van der Waals surface area contributed by atoms with Gasteiger partial charge in [-0.25, -0.2) is 4.98 Å². The van der Waals surface area contributed by atoms with Crippen molar-refractivity contribution in [3.63, 3.8) is 0 Å². The van der Waals surface area contributed by atoms with Gasteiger partial charge in [-0.05, 0) is 19.1 Å². The van der Waals surface area contributed by atoms with E-state index in [4.69, 9.17) is 0 Å². The van der Waals surface area contributed by atoms with Crippen molar-refractivity contribution >= 4 is 22.8 Å². The number of fused-ring (bicyclic) bond motifs is 1. The van der Waals surface area contributed by atoms with E-state index in [1.807, 2.05) is 20.0 Å². The fraction of sp³-hybridized carbons (Fsp3) is 0.231. The van der Waals surface area contributed by atoms with Crippen LogP contribution in [0.2, 0.25) is 0 Å². The molecule has 1 amide bonds. The van der Waals surface area contributed by atoms with Gasteiger partial charge in [0.25, 0.3) is 0 Å². The van der Waals surface area contributed by atoms with Crippen molar-refractivity contribution in [2.45, 2.75) is 13.5 Å². The highest BCUT2D eigenvalue weighted by Gasteiger charge is 2.14. The molecule has 0 aliphatic carbocycles. The van der Waals surface area contributed by atoms with Crippen molar-refractivity contribution in [3.8, 4) is 0 Å². The van der Waals surface area contributed by atoms with Crippen LogP contribution >= 0.6 is 0 Å². The maximum Gasteiger partial charge on any atom is 0.247 e. The number of pyridine rings is 1. The molecule has 20 heavy (non-hydrogen) atoms. The molecule has 3 rings (SSSR count). The van der Waals surface area contributed by atoms with Crippen LogP contribution in [0.4, 0.5) is 5.82 Å². The minimum absolute atomic E-state index is 0.132. The SMILES string of the molecule is Cc1nn(C)c2cnn(CC(=O)Nc3ccccn3)c12. The fourth-order valence-electron chi connectivity index (χ4n) is 2.19. The van der Waals surface area contributed by atoms with E-state index < -0.39 is 0 Å². The lowest BCUT2D eigenvalue weighted by Gasteiger charge is -2.04. The Morgan fingerprint density at radius 2 is 2.25 bits per heavy atom. The molecule has 0 saturated carbocycles. The second kappa shape index (κ2) is 4.76. The highest BCUT2D eigenvalue weighted by atomic mass is 16.2. The van der Waals surface area contributed by atoms with Crippen molar-refractivity contribution in [2.75, 3.05) is 5.32 Å². The highest BCUT2D eigenvalue weighted by Crippen LogP contribution is 2.16. The predicted octanol–water partition coefficient (Wildman–Crippen LogP) is 1.11. The Hall–Kier alpha value is -2.70. The van der Waals surface area contributed by atoms with Crippen LogP contribution in [-0.4, -0.2) is 30.5 Å². The van der Waals surface area contributed by atoms with Gasteiger partial charge in [0, 0.05) is 13.2 Å². The number of hydrogen-bond acceptors (Lipinski definition) is 4. The molecule has 0 atom stereocenters. The Labute approximate surface area is 115 Å². The molecule has 3 heterocycles. The van der Waals surface area contributed by atoms with Gasteiger partial charge in [-0.3, -0.25) is 14.2 Å². The normalized spacial score (nSPS) is 10.9. The van der Waals surface area contributed by atoms with Crippen molar-refractivity contribution in [3.05, 3.63) is 36.3 Å². The average Bonchev–Trinajstić information content (AvgIpc) is 2.94. The quantitative estimate of drug-likeness (QED) is 0.773. The number of anilines is 1. The van der Waals surface area contributed by atoms with E-state index in [0.29, 0.717) is 5.82 Å². The van der Waals surface area contributed by atoms with Crippen molar-refractivity contribution in [1.29, 1.82) is 0 Å². The van der Waals surface area contributed by atoms with Gasteiger partial charge in [-0.2, -0.15) is 10.2 Å². The molecule has 1 N–H and O–H groups in total. The van der Waals surface area contributed by atoms with Gasteiger partial charge in [-0.15, -0.1) is 0 Å². The van der Waals surface area contributed by atoms with Crippen LogP contribution in [-0.2, 0) is 18.4 Å². The lowest BCUT2D eigenvalue weighted by atomic mass is 10.4. The second-order valence-electron chi connectivity index (χ2n) is 4.51. The van der Waals surface area contributed by atoms with Crippen LogP contribution < -0.4 is 5.32 Å². The third-order valence-electron chi connectivity index (χ3n) is 3.04. The molecule has 0 unspecified atom stereocenters. The summed E-state index contributed by atoms with van der Waals surface area (Å²) in [6.07, 6.45) is 3.34. The molecule has 102 valence electrons. The number of amides is 1.